The van der Waals surface area contributed by atoms with Gasteiger partial charge in [-0.25, -0.2) is 4.72 Å². The van der Waals surface area contributed by atoms with Gasteiger partial charge in [-0.15, -0.1) is 0 Å². The van der Waals surface area contributed by atoms with Gasteiger partial charge in [0.25, 0.3) is 10.2 Å². The fourth-order valence-corrected chi connectivity index (χ4v) is 3.92. The van der Waals surface area contributed by atoms with Gasteiger partial charge < -0.3 is 4.90 Å². The molecule has 118 valence electrons. The summed E-state index contributed by atoms with van der Waals surface area (Å²) >= 11 is 0. The minimum absolute atomic E-state index is 0.0854. The van der Waals surface area contributed by atoms with Crippen LogP contribution in [-0.2, 0) is 10.2 Å². The van der Waals surface area contributed by atoms with Crippen molar-refractivity contribution in [2.45, 2.75) is 26.3 Å². The zero-order valence-corrected chi connectivity index (χ0v) is 13.8. The van der Waals surface area contributed by atoms with Gasteiger partial charge in [0, 0.05) is 38.4 Å². The SMILES string of the molecule is CC1CCN(S(=O)(=O)NCC(C)N(C)c2ccccc2)C1. The van der Waals surface area contributed by atoms with Crippen molar-refractivity contribution in [2.24, 2.45) is 5.92 Å². The van der Waals surface area contributed by atoms with E-state index in [9.17, 15) is 8.42 Å². The third-order valence-corrected chi connectivity index (χ3v) is 5.66. The van der Waals surface area contributed by atoms with Crippen LogP contribution < -0.4 is 9.62 Å². The zero-order chi connectivity index (χ0) is 15.5. The van der Waals surface area contributed by atoms with E-state index >= 15 is 0 Å². The van der Waals surface area contributed by atoms with Crippen LogP contribution in [0.2, 0.25) is 0 Å². The van der Waals surface area contributed by atoms with E-state index in [0.29, 0.717) is 25.6 Å². The van der Waals surface area contributed by atoms with Crippen LogP contribution in [0.4, 0.5) is 5.69 Å². The molecule has 0 amide bonds. The van der Waals surface area contributed by atoms with E-state index in [1.54, 1.807) is 4.31 Å². The number of likely N-dealkylation sites (N-methyl/N-ethyl adjacent to an activating group) is 1. The highest BCUT2D eigenvalue weighted by Crippen LogP contribution is 2.18. The van der Waals surface area contributed by atoms with Crippen LogP contribution in [-0.4, -0.2) is 45.4 Å². The monoisotopic (exact) mass is 311 g/mol. The van der Waals surface area contributed by atoms with Crippen molar-refractivity contribution >= 4 is 15.9 Å². The molecule has 0 aliphatic carbocycles. The molecule has 5 nitrogen and oxygen atoms in total. The smallest absolute Gasteiger partial charge is 0.279 e. The number of nitrogens with zero attached hydrogens (tertiary/aromatic N) is 2. The lowest BCUT2D eigenvalue weighted by Crippen LogP contribution is -2.45. The average molecular weight is 311 g/mol. The Labute approximate surface area is 128 Å². The van der Waals surface area contributed by atoms with E-state index in [1.165, 1.54) is 0 Å². The first-order valence-electron chi connectivity index (χ1n) is 7.43. The molecule has 1 aliphatic rings. The number of para-hydroxylation sites is 1. The third-order valence-electron chi connectivity index (χ3n) is 4.11. The average Bonchev–Trinajstić information content (AvgIpc) is 2.92. The van der Waals surface area contributed by atoms with E-state index in [2.05, 4.69) is 16.5 Å². The zero-order valence-electron chi connectivity index (χ0n) is 13.0. The Morgan fingerprint density at radius 2 is 2.05 bits per heavy atom. The molecule has 1 fully saturated rings. The number of benzene rings is 1. The van der Waals surface area contributed by atoms with Gasteiger partial charge in [-0.05, 0) is 31.4 Å². The fraction of sp³-hybridized carbons (Fsp3) is 0.600. The van der Waals surface area contributed by atoms with E-state index in [1.807, 2.05) is 44.3 Å². The second kappa shape index (κ2) is 6.77. The molecule has 6 heteroatoms. The Morgan fingerprint density at radius 1 is 1.38 bits per heavy atom. The van der Waals surface area contributed by atoms with Crippen molar-refractivity contribution < 1.29 is 8.42 Å². The van der Waals surface area contributed by atoms with Gasteiger partial charge >= 0.3 is 0 Å². The molecule has 0 spiro atoms. The van der Waals surface area contributed by atoms with Crippen LogP contribution in [0.25, 0.3) is 0 Å². The Bertz CT molecular complexity index is 547. The third kappa shape index (κ3) is 4.18. The Kier molecular flexibility index (Phi) is 5.24. The number of hydrogen-bond acceptors (Lipinski definition) is 3. The van der Waals surface area contributed by atoms with Crippen molar-refractivity contribution in [3.8, 4) is 0 Å². The Balaban J connectivity index is 1.90. The normalized spacial score (nSPS) is 21.4. The molecule has 1 heterocycles. The number of rotatable bonds is 6. The molecule has 0 bridgehead atoms. The van der Waals surface area contributed by atoms with Gasteiger partial charge in [0.15, 0.2) is 0 Å². The lowest BCUT2D eigenvalue weighted by atomic mass is 10.2. The van der Waals surface area contributed by atoms with Crippen molar-refractivity contribution in [1.82, 2.24) is 9.03 Å². The summed E-state index contributed by atoms with van der Waals surface area (Å²) in [5.74, 6) is 0.450. The number of hydrogen-bond donors (Lipinski definition) is 1. The molecule has 2 rings (SSSR count). The number of anilines is 1. The van der Waals surface area contributed by atoms with Crippen LogP contribution >= 0.6 is 0 Å². The van der Waals surface area contributed by atoms with Gasteiger partial charge in [-0.3, -0.25) is 0 Å². The maximum absolute atomic E-state index is 12.2. The Morgan fingerprint density at radius 3 is 2.62 bits per heavy atom. The van der Waals surface area contributed by atoms with E-state index < -0.39 is 10.2 Å². The molecule has 2 unspecified atom stereocenters. The second-order valence-electron chi connectivity index (χ2n) is 5.90. The van der Waals surface area contributed by atoms with Crippen molar-refractivity contribution in [3.63, 3.8) is 0 Å². The molecule has 0 aromatic heterocycles. The van der Waals surface area contributed by atoms with Gasteiger partial charge in [0.1, 0.15) is 0 Å². The van der Waals surface area contributed by atoms with Gasteiger partial charge in [-0.2, -0.15) is 12.7 Å². The highest BCUT2D eigenvalue weighted by Gasteiger charge is 2.29. The molecule has 0 saturated carbocycles. The van der Waals surface area contributed by atoms with Gasteiger partial charge in [0.2, 0.25) is 0 Å². The van der Waals surface area contributed by atoms with E-state index in [-0.39, 0.29) is 6.04 Å². The topological polar surface area (TPSA) is 52.7 Å². The molecule has 1 aromatic carbocycles. The lowest BCUT2D eigenvalue weighted by molar-refractivity contribution is 0.450. The highest BCUT2D eigenvalue weighted by molar-refractivity contribution is 7.87. The molecule has 1 aromatic rings. The standard InChI is InChI=1S/C15H25N3O2S/c1-13-9-10-18(12-13)21(19,20)16-11-14(2)17(3)15-7-5-4-6-8-15/h4-8,13-14,16H,9-12H2,1-3H3. The van der Waals surface area contributed by atoms with Gasteiger partial charge in [-0.1, -0.05) is 25.1 Å². The summed E-state index contributed by atoms with van der Waals surface area (Å²) in [6.45, 7) is 5.75. The molecule has 1 saturated heterocycles. The quantitative estimate of drug-likeness (QED) is 0.870. The van der Waals surface area contributed by atoms with Crippen molar-refractivity contribution in [3.05, 3.63) is 30.3 Å². The second-order valence-corrected chi connectivity index (χ2v) is 7.66. The van der Waals surface area contributed by atoms with Crippen LogP contribution in [0.3, 0.4) is 0 Å². The molecule has 1 N–H and O–H groups in total. The molecular weight excluding hydrogens is 286 g/mol. The first-order chi connectivity index (χ1) is 9.90. The van der Waals surface area contributed by atoms with Crippen molar-refractivity contribution in [1.29, 1.82) is 0 Å². The first-order valence-corrected chi connectivity index (χ1v) is 8.87. The van der Waals surface area contributed by atoms with Crippen LogP contribution in [0.1, 0.15) is 20.3 Å². The maximum Gasteiger partial charge on any atom is 0.279 e. The predicted octanol–water partition coefficient (Wildman–Crippen LogP) is 1.69. The van der Waals surface area contributed by atoms with E-state index in [4.69, 9.17) is 0 Å². The molecule has 0 radical (unpaired) electrons. The molecule has 21 heavy (non-hydrogen) atoms. The summed E-state index contributed by atoms with van der Waals surface area (Å²) < 4.78 is 28.8. The van der Waals surface area contributed by atoms with Crippen LogP contribution in [0, 0.1) is 5.92 Å². The minimum Gasteiger partial charge on any atom is -0.371 e. The minimum atomic E-state index is -3.35. The summed E-state index contributed by atoms with van der Waals surface area (Å²) in [6.07, 6.45) is 0.945. The maximum atomic E-state index is 12.2. The lowest BCUT2D eigenvalue weighted by Gasteiger charge is -2.28. The molecular formula is C15H25N3O2S. The predicted molar refractivity (Wildman–Crippen MR) is 86.6 cm³/mol. The van der Waals surface area contributed by atoms with Crippen molar-refractivity contribution in [2.75, 3.05) is 31.6 Å². The summed E-state index contributed by atoms with van der Waals surface area (Å²) in [5.41, 5.74) is 1.08. The first kappa shape index (κ1) is 16.3. The molecule has 1 aliphatic heterocycles. The van der Waals surface area contributed by atoms with E-state index in [0.717, 1.165) is 12.1 Å². The summed E-state index contributed by atoms with van der Waals surface area (Å²) in [5, 5.41) is 0. The van der Waals surface area contributed by atoms with Gasteiger partial charge in [0.05, 0.1) is 0 Å². The van der Waals surface area contributed by atoms with Crippen LogP contribution in [0.15, 0.2) is 30.3 Å². The summed E-state index contributed by atoms with van der Waals surface area (Å²) in [4.78, 5) is 2.08. The molecule has 2 atom stereocenters. The highest BCUT2D eigenvalue weighted by atomic mass is 32.2. The van der Waals surface area contributed by atoms with Crippen LogP contribution in [0.5, 0.6) is 0 Å². The number of nitrogens with one attached hydrogen (secondary N) is 1. The summed E-state index contributed by atoms with van der Waals surface area (Å²) in [6, 6.07) is 10.1. The Hall–Kier alpha value is -1.11. The largest absolute Gasteiger partial charge is 0.371 e. The summed E-state index contributed by atoms with van der Waals surface area (Å²) in [7, 11) is -1.37. The fourth-order valence-electron chi connectivity index (χ4n) is 2.48.